The number of nitrogens with zero attached hydrogens (tertiary/aromatic N) is 1. The van der Waals surface area contributed by atoms with Crippen molar-refractivity contribution in [2.24, 2.45) is 5.73 Å². The molecule has 1 fully saturated rings. The van der Waals surface area contributed by atoms with Crippen molar-refractivity contribution in [3.05, 3.63) is 0 Å². The third-order valence-electron chi connectivity index (χ3n) is 2.05. The van der Waals surface area contributed by atoms with E-state index in [1.165, 1.54) is 0 Å². The Bertz CT molecular complexity index is 213. The molecule has 14 heavy (non-hydrogen) atoms. The first-order valence-corrected chi connectivity index (χ1v) is 4.72. The fraction of sp³-hybridized carbons (Fsp3) is 0.750. The van der Waals surface area contributed by atoms with Gasteiger partial charge in [0.15, 0.2) is 0 Å². The zero-order valence-electron chi connectivity index (χ0n) is 8.08. The van der Waals surface area contributed by atoms with Crippen molar-refractivity contribution >= 4 is 11.9 Å². The molecule has 0 aromatic carbocycles. The van der Waals surface area contributed by atoms with Crippen LogP contribution < -0.4 is 16.4 Å². The number of nitrogens with one attached hydrogen (secondary N) is 2. The molecule has 0 aromatic rings. The van der Waals surface area contributed by atoms with Crippen LogP contribution in [-0.2, 0) is 4.79 Å². The van der Waals surface area contributed by atoms with Crippen molar-refractivity contribution < 1.29 is 9.59 Å². The summed E-state index contributed by atoms with van der Waals surface area (Å²) in [4.78, 5) is 23.5. The van der Waals surface area contributed by atoms with Gasteiger partial charge in [0.25, 0.3) is 0 Å². The highest BCUT2D eigenvalue weighted by atomic mass is 16.2. The number of carbonyl (C=O) groups is 2. The number of hydrogen-bond acceptors (Lipinski definition) is 3. The summed E-state index contributed by atoms with van der Waals surface area (Å²) >= 11 is 0. The Labute approximate surface area is 82.8 Å². The molecule has 0 spiro atoms. The van der Waals surface area contributed by atoms with Gasteiger partial charge in [0.1, 0.15) is 0 Å². The molecule has 0 saturated carbocycles. The smallest absolute Gasteiger partial charge is 0.317 e. The third-order valence-corrected chi connectivity index (χ3v) is 2.05. The van der Waals surface area contributed by atoms with Gasteiger partial charge in [-0.05, 0) is 0 Å². The molecule has 1 saturated heterocycles. The fourth-order valence-corrected chi connectivity index (χ4v) is 1.27. The second-order valence-corrected chi connectivity index (χ2v) is 3.19. The van der Waals surface area contributed by atoms with Crippen molar-refractivity contribution in [2.45, 2.75) is 6.42 Å². The Balaban J connectivity index is 2.16. The number of urea groups is 1. The second-order valence-electron chi connectivity index (χ2n) is 3.19. The molecule has 3 amide bonds. The Kier molecular flexibility index (Phi) is 4.18. The summed E-state index contributed by atoms with van der Waals surface area (Å²) in [6, 6.07) is -0.118. The van der Waals surface area contributed by atoms with Crippen molar-refractivity contribution in [2.75, 3.05) is 32.7 Å². The molecule has 1 aliphatic rings. The summed E-state index contributed by atoms with van der Waals surface area (Å²) in [7, 11) is 0. The molecule has 80 valence electrons. The van der Waals surface area contributed by atoms with Crippen molar-refractivity contribution in [1.29, 1.82) is 0 Å². The topological polar surface area (TPSA) is 87.5 Å². The van der Waals surface area contributed by atoms with Gasteiger partial charge >= 0.3 is 6.03 Å². The van der Waals surface area contributed by atoms with Gasteiger partial charge in [0.2, 0.25) is 5.91 Å². The molecule has 0 radical (unpaired) electrons. The van der Waals surface area contributed by atoms with Crippen LogP contribution in [0.2, 0.25) is 0 Å². The monoisotopic (exact) mass is 200 g/mol. The first-order chi connectivity index (χ1) is 6.70. The van der Waals surface area contributed by atoms with E-state index in [1.54, 1.807) is 4.90 Å². The molecule has 4 N–H and O–H groups in total. The highest BCUT2D eigenvalue weighted by Gasteiger charge is 2.14. The van der Waals surface area contributed by atoms with E-state index in [4.69, 9.17) is 5.73 Å². The first-order valence-electron chi connectivity index (χ1n) is 4.72. The summed E-state index contributed by atoms with van der Waals surface area (Å²) in [5.74, 6) is -0.398. The summed E-state index contributed by atoms with van der Waals surface area (Å²) in [6.45, 7) is 3.38. The number of amides is 3. The van der Waals surface area contributed by atoms with Gasteiger partial charge < -0.3 is 21.3 Å². The van der Waals surface area contributed by atoms with Crippen LogP contribution in [0.25, 0.3) is 0 Å². The molecular formula is C8H16N4O2. The van der Waals surface area contributed by atoms with Gasteiger partial charge in [-0.1, -0.05) is 0 Å². The Hall–Kier alpha value is -1.30. The van der Waals surface area contributed by atoms with E-state index in [0.29, 0.717) is 19.6 Å². The first kappa shape index (κ1) is 10.8. The normalized spacial score (nSPS) is 16.4. The van der Waals surface area contributed by atoms with E-state index < -0.39 is 5.91 Å². The highest BCUT2D eigenvalue weighted by Crippen LogP contribution is 1.92. The zero-order valence-corrected chi connectivity index (χ0v) is 8.08. The molecule has 6 heteroatoms. The molecule has 6 nitrogen and oxygen atoms in total. The average Bonchev–Trinajstić information content (AvgIpc) is 2.18. The lowest BCUT2D eigenvalue weighted by Gasteiger charge is -2.27. The second kappa shape index (κ2) is 5.43. The Morgan fingerprint density at radius 1 is 1.36 bits per heavy atom. The number of piperazine rings is 1. The summed E-state index contributed by atoms with van der Waals surface area (Å²) in [5.41, 5.74) is 4.94. The molecular weight excluding hydrogens is 184 g/mol. The maximum Gasteiger partial charge on any atom is 0.317 e. The molecule has 1 aliphatic heterocycles. The zero-order chi connectivity index (χ0) is 10.4. The van der Waals surface area contributed by atoms with E-state index in [2.05, 4.69) is 10.6 Å². The lowest BCUT2D eigenvalue weighted by molar-refractivity contribution is -0.117. The number of nitrogens with two attached hydrogens (primary N) is 1. The van der Waals surface area contributed by atoms with Gasteiger partial charge in [-0.15, -0.1) is 0 Å². The van der Waals surface area contributed by atoms with E-state index in [1.807, 2.05) is 0 Å². The molecule has 0 unspecified atom stereocenters. The van der Waals surface area contributed by atoms with Crippen LogP contribution in [0.5, 0.6) is 0 Å². The standard InChI is InChI=1S/C8H16N4O2/c9-7(13)1-2-11-8(14)12-5-3-10-4-6-12/h10H,1-6H2,(H2,9,13)(H,11,14). The molecule has 0 aromatic heterocycles. The van der Waals surface area contributed by atoms with Crippen LogP contribution in [0.1, 0.15) is 6.42 Å². The molecule has 1 heterocycles. The minimum absolute atomic E-state index is 0.118. The highest BCUT2D eigenvalue weighted by molar-refractivity contribution is 5.77. The molecule has 0 aliphatic carbocycles. The Morgan fingerprint density at radius 2 is 2.00 bits per heavy atom. The number of primary amides is 1. The predicted molar refractivity (Wildman–Crippen MR) is 51.7 cm³/mol. The van der Waals surface area contributed by atoms with Gasteiger partial charge in [-0.2, -0.15) is 0 Å². The van der Waals surface area contributed by atoms with Crippen LogP contribution in [0.4, 0.5) is 4.79 Å². The molecule has 0 atom stereocenters. The van der Waals surface area contributed by atoms with Crippen LogP contribution in [-0.4, -0.2) is 49.6 Å². The maximum atomic E-state index is 11.4. The predicted octanol–water partition coefficient (Wildman–Crippen LogP) is -1.52. The average molecular weight is 200 g/mol. The van der Waals surface area contributed by atoms with Crippen molar-refractivity contribution in [1.82, 2.24) is 15.5 Å². The van der Waals surface area contributed by atoms with E-state index in [-0.39, 0.29) is 12.5 Å². The van der Waals surface area contributed by atoms with E-state index >= 15 is 0 Å². The van der Waals surface area contributed by atoms with Crippen molar-refractivity contribution in [3.63, 3.8) is 0 Å². The van der Waals surface area contributed by atoms with E-state index in [0.717, 1.165) is 13.1 Å². The number of rotatable bonds is 3. The van der Waals surface area contributed by atoms with Crippen molar-refractivity contribution in [3.8, 4) is 0 Å². The minimum Gasteiger partial charge on any atom is -0.370 e. The van der Waals surface area contributed by atoms with Gasteiger partial charge in [-0.25, -0.2) is 4.79 Å². The quantitative estimate of drug-likeness (QED) is 0.517. The maximum absolute atomic E-state index is 11.4. The van der Waals surface area contributed by atoms with Crippen LogP contribution in [0.15, 0.2) is 0 Å². The largest absolute Gasteiger partial charge is 0.370 e. The van der Waals surface area contributed by atoms with Gasteiger partial charge in [0, 0.05) is 39.1 Å². The third kappa shape index (κ3) is 3.61. The van der Waals surface area contributed by atoms with Crippen LogP contribution in [0.3, 0.4) is 0 Å². The number of hydrogen-bond donors (Lipinski definition) is 3. The number of carbonyl (C=O) groups excluding carboxylic acids is 2. The van der Waals surface area contributed by atoms with Crippen LogP contribution in [0, 0.1) is 0 Å². The summed E-state index contributed by atoms with van der Waals surface area (Å²) in [6.07, 6.45) is 0.192. The molecule has 1 rings (SSSR count). The summed E-state index contributed by atoms with van der Waals surface area (Å²) in [5, 5.41) is 5.79. The minimum atomic E-state index is -0.398. The van der Waals surface area contributed by atoms with Gasteiger partial charge in [-0.3, -0.25) is 4.79 Å². The van der Waals surface area contributed by atoms with Gasteiger partial charge in [0.05, 0.1) is 0 Å². The molecule has 0 bridgehead atoms. The SMILES string of the molecule is NC(=O)CCNC(=O)N1CCNCC1. The van der Waals surface area contributed by atoms with E-state index in [9.17, 15) is 9.59 Å². The fourth-order valence-electron chi connectivity index (χ4n) is 1.27. The lowest BCUT2D eigenvalue weighted by Crippen LogP contribution is -2.50. The lowest BCUT2D eigenvalue weighted by atomic mass is 10.4. The summed E-state index contributed by atoms with van der Waals surface area (Å²) < 4.78 is 0. The van der Waals surface area contributed by atoms with Crippen LogP contribution >= 0.6 is 0 Å². The Morgan fingerprint density at radius 3 is 2.57 bits per heavy atom.